The molecule has 0 fully saturated rings. The van der Waals surface area contributed by atoms with Crippen LogP contribution in [0.3, 0.4) is 0 Å². The second kappa shape index (κ2) is 6.64. The smallest absolute Gasteiger partial charge is 0.146 e. The van der Waals surface area contributed by atoms with Crippen LogP contribution in [-0.2, 0) is 6.54 Å². The van der Waals surface area contributed by atoms with Crippen molar-refractivity contribution in [3.05, 3.63) is 83.7 Å². The summed E-state index contributed by atoms with van der Waals surface area (Å²) in [4.78, 5) is 4.73. The fraction of sp³-hybridized carbons (Fsp3) is 0.136. The molecule has 0 aliphatic heterocycles. The van der Waals surface area contributed by atoms with Gasteiger partial charge in [-0.1, -0.05) is 48.0 Å². The van der Waals surface area contributed by atoms with Gasteiger partial charge in [-0.25, -0.2) is 9.37 Å². The second-order valence-corrected chi connectivity index (χ2v) is 6.32. The van der Waals surface area contributed by atoms with Gasteiger partial charge in [-0.15, -0.1) is 0 Å². The molecular formula is C22H19FN2O. The predicted molar refractivity (Wildman–Crippen MR) is 102 cm³/mol. The van der Waals surface area contributed by atoms with Crippen molar-refractivity contribution >= 4 is 11.0 Å². The third-order valence-corrected chi connectivity index (χ3v) is 4.54. The Balaban J connectivity index is 1.95. The molecule has 0 saturated carbocycles. The van der Waals surface area contributed by atoms with Gasteiger partial charge in [0.15, 0.2) is 0 Å². The highest BCUT2D eigenvalue weighted by molar-refractivity contribution is 5.86. The van der Waals surface area contributed by atoms with E-state index < -0.39 is 0 Å². The zero-order chi connectivity index (χ0) is 18.1. The van der Waals surface area contributed by atoms with Crippen LogP contribution in [0.15, 0.2) is 66.7 Å². The Hall–Kier alpha value is -3.14. The summed E-state index contributed by atoms with van der Waals surface area (Å²) in [5.74, 6) is 0.998. The number of aromatic nitrogens is 2. The van der Waals surface area contributed by atoms with Gasteiger partial charge in [0.05, 0.1) is 18.2 Å². The zero-order valence-corrected chi connectivity index (χ0v) is 14.7. The van der Waals surface area contributed by atoms with Gasteiger partial charge in [-0.2, -0.15) is 0 Å². The maximum atomic E-state index is 14.5. The minimum atomic E-state index is -0.285. The van der Waals surface area contributed by atoms with E-state index in [1.54, 1.807) is 19.2 Å². The van der Waals surface area contributed by atoms with Gasteiger partial charge in [-0.3, -0.25) is 0 Å². The molecule has 130 valence electrons. The Morgan fingerprint density at radius 2 is 1.73 bits per heavy atom. The van der Waals surface area contributed by atoms with Gasteiger partial charge in [0.25, 0.3) is 0 Å². The molecule has 4 heteroatoms. The first kappa shape index (κ1) is 16.3. The zero-order valence-electron chi connectivity index (χ0n) is 14.7. The molecule has 1 aromatic heterocycles. The lowest BCUT2D eigenvalue weighted by Gasteiger charge is -2.11. The molecule has 0 unspecified atom stereocenters. The molecule has 0 bridgehead atoms. The Morgan fingerprint density at radius 3 is 2.46 bits per heavy atom. The van der Waals surface area contributed by atoms with E-state index in [1.165, 1.54) is 11.6 Å². The third-order valence-electron chi connectivity index (χ3n) is 4.54. The maximum Gasteiger partial charge on any atom is 0.146 e. The minimum absolute atomic E-state index is 0.285. The molecule has 3 aromatic carbocycles. The van der Waals surface area contributed by atoms with Crippen LogP contribution in [-0.4, -0.2) is 16.7 Å². The summed E-state index contributed by atoms with van der Waals surface area (Å²) in [7, 11) is 1.62. The van der Waals surface area contributed by atoms with Crippen LogP contribution in [0.1, 0.15) is 11.1 Å². The lowest BCUT2D eigenvalue weighted by Crippen LogP contribution is -2.03. The Morgan fingerprint density at radius 1 is 0.962 bits per heavy atom. The number of nitrogens with zero attached hydrogens (tertiary/aromatic N) is 2. The van der Waals surface area contributed by atoms with Crippen LogP contribution in [0, 0.1) is 12.7 Å². The highest BCUT2D eigenvalue weighted by Gasteiger charge is 2.18. The van der Waals surface area contributed by atoms with E-state index in [4.69, 9.17) is 9.72 Å². The van der Waals surface area contributed by atoms with E-state index in [0.29, 0.717) is 23.7 Å². The molecule has 4 aromatic rings. The van der Waals surface area contributed by atoms with E-state index in [9.17, 15) is 4.39 Å². The number of fused-ring (bicyclic) bond motifs is 1. The molecule has 0 N–H and O–H groups in total. The molecule has 0 saturated heterocycles. The lowest BCUT2D eigenvalue weighted by atomic mass is 10.1. The highest BCUT2D eigenvalue weighted by atomic mass is 19.1. The third kappa shape index (κ3) is 2.84. The van der Waals surface area contributed by atoms with Gasteiger partial charge >= 0.3 is 0 Å². The van der Waals surface area contributed by atoms with E-state index in [0.717, 1.165) is 16.6 Å². The first-order valence-corrected chi connectivity index (χ1v) is 8.51. The maximum absolute atomic E-state index is 14.5. The van der Waals surface area contributed by atoms with E-state index in [-0.39, 0.29) is 5.82 Å². The van der Waals surface area contributed by atoms with Crippen LogP contribution in [0.25, 0.3) is 22.4 Å². The average Bonchev–Trinajstić information content (AvgIpc) is 3.02. The van der Waals surface area contributed by atoms with Crippen molar-refractivity contribution in [2.75, 3.05) is 7.11 Å². The first-order valence-electron chi connectivity index (χ1n) is 8.51. The monoisotopic (exact) mass is 346 g/mol. The van der Waals surface area contributed by atoms with Crippen molar-refractivity contribution in [2.45, 2.75) is 13.5 Å². The summed E-state index contributed by atoms with van der Waals surface area (Å²) in [6, 6.07) is 20.9. The van der Waals surface area contributed by atoms with Gasteiger partial charge in [0.1, 0.15) is 22.9 Å². The Kier molecular flexibility index (Phi) is 4.17. The molecule has 0 amide bonds. The van der Waals surface area contributed by atoms with Gasteiger partial charge < -0.3 is 9.30 Å². The van der Waals surface area contributed by atoms with Crippen molar-refractivity contribution in [2.24, 2.45) is 0 Å². The van der Waals surface area contributed by atoms with Crippen molar-refractivity contribution < 1.29 is 9.13 Å². The number of halogens is 1. The molecular weight excluding hydrogens is 327 g/mol. The predicted octanol–water partition coefficient (Wildman–Crippen LogP) is 5.21. The first-order chi connectivity index (χ1) is 12.7. The number of hydrogen-bond acceptors (Lipinski definition) is 2. The summed E-state index contributed by atoms with van der Waals surface area (Å²) >= 11 is 0. The number of para-hydroxylation sites is 1. The molecule has 0 atom stereocenters. The van der Waals surface area contributed by atoms with Crippen molar-refractivity contribution in [3.8, 4) is 17.1 Å². The van der Waals surface area contributed by atoms with E-state index in [1.807, 2.05) is 28.8 Å². The molecule has 26 heavy (non-hydrogen) atoms. The number of imidazole rings is 1. The highest BCUT2D eigenvalue weighted by Crippen LogP contribution is 2.32. The number of ether oxygens (including phenoxy) is 1. The standard InChI is InChI=1S/C22H19FN2O/c1-15-10-12-16(13-11-15)14-25-19-8-5-9-20(26-2)21(19)24-22(25)17-6-3-4-7-18(17)23/h3-13H,14H2,1-2H3. The number of methoxy groups -OCH3 is 1. The molecule has 4 rings (SSSR count). The Bertz CT molecular complexity index is 1070. The number of benzene rings is 3. The van der Waals surface area contributed by atoms with Gasteiger partial charge in [-0.05, 0) is 36.8 Å². The Labute approximate surface area is 151 Å². The SMILES string of the molecule is COc1cccc2c1nc(-c1ccccc1F)n2Cc1ccc(C)cc1. The molecule has 3 nitrogen and oxygen atoms in total. The summed E-state index contributed by atoms with van der Waals surface area (Å²) < 4.78 is 22.0. The van der Waals surface area contributed by atoms with Crippen molar-refractivity contribution in [1.82, 2.24) is 9.55 Å². The van der Waals surface area contributed by atoms with E-state index in [2.05, 4.69) is 31.2 Å². The largest absolute Gasteiger partial charge is 0.494 e. The summed E-state index contributed by atoms with van der Waals surface area (Å²) in [5.41, 5.74) is 4.48. The van der Waals surface area contributed by atoms with Crippen molar-refractivity contribution in [1.29, 1.82) is 0 Å². The summed E-state index contributed by atoms with van der Waals surface area (Å²) in [5, 5.41) is 0. The van der Waals surface area contributed by atoms with Crippen LogP contribution < -0.4 is 4.74 Å². The molecule has 0 spiro atoms. The van der Waals surface area contributed by atoms with E-state index >= 15 is 0 Å². The quantitative estimate of drug-likeness (QED) is 0.507. The molecule has 1 heterocycles. The van der Waals surface area contributed by atoms with Crippen LogP contribution in [0.2, 0.25) is 0 Å². The summed E-state index contributed by atoms with van der Waals surface area (Å²) in [6.07, 6.45) is 0. The van der Waals surface area contributed by atoms with Gasteiger partial charge in [0, 0.05) is 6.54 Å². The number of rotatable bonds is 4. The van der Waals surface area contributed by atoms with Gasteiger partial charge in [0.2, 0.25) is 0 Å². The fourth-order valence-corrected chi connectivity index (χ4v) is 3.17. The van der Waals surface area contributed by atoms with Crippen LogP contribution >= 0.6 is 0 Å². The lowest BCUT2D eigenvalue weighted by molar-refractivity contribution is 0.419. The normalized spacial score (nSPS) is 11.0. The minimum Gasteiger partial charge on any atom is -0.494 e. The average molecular weight is 346 g/mol. The fourth-order valence-electron chi connectivity index (χ4n) is 3.17. The second-order valence-electron chi connectivity index (χ2n) is 6.32. The summed E-state index contributed by atoms with van der Waals surface area (Å²) in [6.45, 7) is 2.67. The molecule has 0 radical (unpaired) electrons. The molecule has 0 aliphatic rings. The van der Waals surface area contributed by atoms with Crippen LogP contribution in [0.4, 0.5) is 4.39 Å². The molecule has 0 aliphatic carbocycles. The number of hydrogen-bond donors (Lipinski definition) is 0. The number of aryl methyl sites for hydroxylation is 1. The van der Waals surface area contributed by atoms with Crippen molar-refractivity contribution in [3.63, 3.8) is 0 Å². The van der Waals surface area contributed by atoms with Crippen LogP contribution in [0.5, 0.6) is 5.75 Å². The topological polar surface area (TPSA) is 27.1 Å².